The Morgan fingerprint density at radius 3 is 2.71 bits per heavy atom. The van der Waals surface area contributed by atoms with Crippen LogP contribution in [0.1, 0.15) is 6.42 Å². The van der Waals surface area contributed by atoms with E-state index in [1.807, 2.05) is 0 Å². The largest absolute Gasteiger partial charge is 0.465 e. The number of likely N-dealkylation sites (tertiary alicyclic amines) is 1. The number of rotatable bonds is 4. The Hall–Kier alpha value is -2.49. The van der Waals surface area contributed by atoms with Crippen molar-refractivity contribution in [2.75, 3.05) is 19.3 Å². The summed E-state index contributed by atoms with van der Waals surface area (Å²) < 4.78 is 24.7. The molecule has 1 aliphatic rings. The van der Waals surface area contributed by atoms with Gasteiger partial charge in [0.25, 0.3) is 5.56 Å². The van der Waals surface area contributed by atoms with Gasteiger partial charge in [-0.05, 0) is 18.4 Å². The first-order chi connectivity index (χ1) is 11.3. The Balaban J connectivity index is 1.88. The van der Waals surface area contributed by atoms with Crippen molar-refractivity contribution in [2.24, 2.45) is 5.92 Å². The number of pyridine rings is 1. The van der Waals surface area contributed by atoms with Crippen LogP contribution >= 0.6 is 0 Å². The van der Waals surface area contributed by atoms with Crippen molar-refractivity contribution < 1.29 is 18.3 Å². The molecule has 1 saturated heterocycles. The smallest absolute Gasteiger partial charge is 0.407 e. The van der Waals surface area contributed by atoms with Crippen molar-refractivity contribution in [3.8, 4) is 0 Å². The molecule has 24 heavy (non-hydrogen) atoms. The summed E-state index contributed by atoms with van der Waals surface area (Å²) in [6.45, 7) is 1.23. The first kappa shape index (κ1) is 16.4. The van der Waals surface area contributed by atoms with Gasteiger partial charge < -0.3 is 10.0 Å². The maximum atomic E-state index is 12.1. The molecule has 0 atom stereocenters. The molecule has 0 saturated carbocycles. The second-order valence-corrected chi connectivity index (χ2v) is 7.78. The van der Waals surface area contributed by atoms with E-state index >= 15 is 0 Å². The fourth-order valence-electron chi connectivity index (χ4n) is 2.67. The van der Waals surface area contributed by atoms with Crippen LogP contribution in [0.15, 0.2) is 28.3 Å². The highest BCUT2D eigenvalue weighted by Crippen LogP contribution is 2.20. The first-order valence-corrected chi connectivity index (χ1v) is 9.19. The summed E-state index contributed by atoms with van der Waals surface area (Å²) >= 11 is 0. The summed E-state index contributed by atoms with van der Waals surface area (Å²) in [6, 6.07) is 2.94. The standard InChI is InChI=1S/C14H16N4O5S/c1-24(22,23)13-15-6-10-2-3-11(19)18(12(10)16-13)5-4-9-7-17(8-9)14(20)21/h2-3,6,9H,4-5,7-8H2,1H3,(H,20,21). The summed E-state index contributed by atoms with van der Waals surface area (Å²) in [5.74, 6) is 0.180. The predicted octanol–water partition coefficient (Wildman–Crippen LogP) is 0.195. The molecule has 128 valence electrons. The molecule has 1 aliphatic heterocycles. The number of amides is 1. The van der Waals surface area contributed by atoms with Crippen LogP contribution in [0.4, 0.5) is 4.79 Å². The third-order valence-corrected chi connectivity index (χ3v) is 4.88. The van der Waals surface area contributed by atoms with E-state index in [1.54, 1.807) is 6.07 Å². The van der Waals surface area contributed by atoms with Crippen molar-refractivity contribution in [3.05, 3.63) is 28.7 Å². The summed E-state index contributed by atoms with van der Waals surface area (Å²) in [6.07, 6.45) is 2.05. The number of fused-ring (bicyclic) bond motifs is 1. The van der Waals surface area contributed by atoms with Crippen LogP contribution in [0.5, 0.6) is 0 Å². The lowest BCUT2D eigenvalue weighted by molar-refractivity contribution is 0.0766. The fraction of sp³-hybridized carbons (Fsp3) is 0.429. The average molecular weight is 352 g/mol. The molecule has 0 spiro atoms. The zero-order chi connectivity index (χ0) is 17.5. The van der Waals surface area contributed by atoms with E-state index in [-0.39, 0.29) is 22.3 Å². The second-order valence-electron chi connectivity index (χ2n) is 5.87. The van der Waals surface area contributed by atoms with Crippen LogP contribution in [-0.2, 0) is 16.4 Å². The molecule has 0 aliphatic carbocycles. The predicted molar refractivity (Wildman–Crippen MR) is 84.6 cm³/mol. The highest BCUT2D eigenvalue weighted by Gasteiger charge is 2.30. The zero-order valence-corrected chi connectivity index (χ0v) is 13.7. The lowest BCUT2D eigenvalue weighted by Crippen LogP contribution is -2.49. The Morgan fingerprint density at radius 2 is 2.08 bits per heavy atom. The van der Waals surface area contributed by atoms with Gasteiger partial charge in [-0.15, -0.1) is 0 Å². The molecule has 0 aromatic carbocycles. The van der Waals surface area contributed by atoms with Crippen LogP contribution in [0.25, 0.3) is 11.0 Å². The van der Waals surface area contributed by atoms with E-state index in [2.05, 4.69) is 9.97 Å². The molecule has 2 aromatic rings. The number of hydrogen-bond donors (Lipinski definition) is 1. The van der Waals surface area contributed by atoms with E-state index in [0.717, 1.165) is 6.26 Å². The molecule has 1 amide bonds. The topological polar surface area (TPSA) is 122 Å². The van der Waals surface area contributed by atoms with Gasteiger partial charge in [0.2, 0.25) is 15.0 Å². The number of nitrogens with zero attached hydrogens (tertiary/aromatic N) is 4. The Morgan fingerprint density at radius 1 is 1.38 bits per heavy atom. The van der Waals surface area contributed by atoms with E-state index in [4.69, 9.17) is 5.11 Å². The van der Waals surface area contributed by atoms with E-state index in [1.165, 1.54) is 21.7 Å². The summed E-state index contributed by atoms with van der Waals surface area (Å²) in [7, 11) is -3.57. The maximum Gasteiger partial charge on any atom is 0.407 e. The first-order valence-electron chi connectivity index (χ1n) is 7.30. The maximum absolute atomic E-state index is 12.1. The van der Waals surface area contributed by atoms with Crippen LogP contribution in [0, 0.1) is 5.92 Å². The number of hydrogen-bond acceptors (Lipinski definition) is 6. The van der Waals surface area contributed by atoms with E-state index in [9.17, 15) is 18.0 Å². The van der Waals surface area contributed by atoms with Crippen molar-refractivity contribution in [2.45, 2.75) is 18.1 Å². The average Bonchev–Trinajstić information content (AvgIpc) is 2.45. The number of sulfone groups is 1. The minimum absolute atomic E-state index is 0.180. The van der Waals surface area contributed by atoms with Crippen molar-refractivity contribution >= 4 is 27.0 Å². The molecule has 10 heteroatoms. The van der Waals surface area contributed by atoms with Gasteiger partial charge in [-0.3, -0.25) is 9.36 Å². The molecule has 9 nitrogen and oxygen atoms in total. The Kier molecular flexibility index (Phi) is 3.99. The third kappa shape index (κ3) is 3.09. The van der Waals surface area contributed by atoms with Crippen LogP contribution < -0.4 is 5.56 Å². The summed E-state index contributed by atoms with van der Waals surface area (Å²) in [4.78, 5) is 32.0. The summed E-state index contributed by atoms with van der Waals surface area (Å²) in [5.41, 5.74) is -0.0117. The second kappa shape index (κ2) is 5.86. The third-order valence-electron chi connectivity index (χ3n) is 4.02. The molecular weight excluding hydrogens is 336 g/mol. The Labute approximate surface area is 137 Å². The monoisotopic (exact) mass is 352 g/mol. The van der Waals surface area contributed by atoms with Gasteiger partial charge in [0, 0.05) is 43.5 Å². The fourth-order valence-corrected chi connectivity index (χ4v) is 3.17. The molecular formula is C14H16N4O5S. The lowest BCUT2D eigenvalue weighted by atomic mass is 9.97. The number of carboxylic acid groups (broad SMARTS) is 1. The highest BCUT2D eigenvalue weighted by molar-refractivity contribution is 7.90. The molecule has 1 N–H and O–H groups in total. The van der Waals surface area contributed by atoms with E-state index < -0.39 is 15.9 Å². The van der Waals surface area contributed by atoms with Crippen LogP contribution in [-0.4, -0.2) is 58.4 Å². The van der Waals surface area contributed by atoms with Crippen LogP contribution in [0.2, 0.25) is 0 Å². The quantitative estimate of drug-likeness (QED) is 0.780. The normalized spacial score (nSPS) is 15.5. The molecule has 0 radical (unpaired) electrons. The lowest BCUT2D eigenvalue weighted by Gasteiger charge is -2.37. The van der Waals surface area contributed by atoms with Crippen molar-refractivity contribution in [3.63, 3.8) is 0 Å². The zero-order valence-electron chi connectivity index (χ0n) is 12.9. The van der Waals surface area contributed by atoms with E-state index in [0.29, 0.717) is 31.4 Å². The molecule has 2 aromatic heterocycles. The van der Waals surface area contributed by atoms with Gasteiger partial charge in [0.15, 0.2) is 0 Å². The van der Waals surface area contributed by atoms with Gasteiger partial charge in [0.1, 0.15) is 5.65 Å². The highest BCUT2D eigenvalue weighted by atomic mass is 32.2. The molecule has 3 rings (SSSR count). The van der Waals surface area contributed by atoms with Gasteiger partial charge in [-0.2, -0.15) is 4.98 Å². The van der Waals surface area contributed by atoms with Gasteiger partial charge in [0.05, 0.1) is 0 Å². The van der Waals surface area contributed by atoms with Gasteiger partial charge >= 0.3 is 6.09 Å². The molecule has 3 heterocycles. The van der Waals surface area contributed by atoms with Crippen LogP contribution in [0.3, 0.4) is 0 Å². The minimum atomic E-state index is -3.57. The Bertz CT molecular complexity index is 963. The molecule has 1 fully saturated rings. The van der Waals surface area contributed by atoms with Gasteiger partial charge in [-0.1, -0.05) is 0 Å². The summed E-state index contributed by atoms with van der Waals surface area (Å²) in [5, 5.41) is 9.07. The number of carbonyl (C=O) groups is 1. The van der Waals surface area contributed by atoms with Gasteiger partial charge in [-0.25, -0.2) is 18.2 Å². The van der Waals surface area contributed by atoms with Crippen molar-refractivity contribution in [1.82, 2.24) is 19.4 Å². The SMILES string of the molecule is CS(=O)(=O)c1ncc2ccc(=O)n(CCC3CN(C(=O)O)C3)c2n1. The number of aromatic nitrogens is 3. The molecule has 0 bridgehead atoms. The number of aryl methyl sites for hydroxylation is 1. The van der Waals surface area contributed by atoms with Crippen molar-refractivity contribution in [1.29, 1.82) is 0 Å². The molecule has 0 unspecified atom stereocenters. The minimum Gasteiger partial charge on any atom is -0.465 e.